The number of hydrogen-bond acceptors (Lipinski definition) is 4. The lowest BCUT2D eigenvalue weighted by Crippen LogP contribution is -2.17. The van der Waals surface area contributed by atoms with Crippen molar-refractivity contribution < 1.29 is 10.4 Å². The Hall–Kier alpha value is -1.72. The molecule has 0 aliphatic heterocycles. The monoisotopic (exact) mass is 246 g/mol. The molecule has 2 aromatic carbocycles. The average Bonchev–Trinajstić information content (AvgIpc) is 2.43. The number of nitrogens with two attached hydrogens (primary N) is 1. The molecule has 0 fully saturated rings. The first-order chi connectivity index (χ1) is 8.84. The van der Waals surface area contributed by atoms with Gasteiger partial charge in [0, 0.05) is 13.1 Å². The molecule has 0 radical (unpaired) electrons. The van der Waals surface area contributed by atoms with E-state index in [0.717, 1.165) is 11.1 Å². The zero-order valence-electron chi connectivity index (χ0n) is 10.1. The van der Waals surface area contributed by atoms with Crippen LogP contribution in [0.15, 0.2) is 60.7 Å². The molecular formula is C14H18N2O2. The number of hydrogen-bond donors (Lipinski definition) is 3. The lowest BCUT2D eigenvalue weighted by atomic mass is 10.2. The molecule has 2 rings (SSSR count). The second kappa shape index (κ2) is 8.38. The highest BCUT2D eigenvalue weighted by atomic mass is 16.5. The van der Waals surface area contributed by atoms with Gasteiger partial charge in [-0.1, -0.05) is 60.7 Å². The van der Waals surface area contributed by atoms with E-state index < -0.39 is 0 Å². The molecule has 0 aliphatic rings. The van der Waals surface area contributed by atoms with Crippen molar-refractivity contribution in [3.05, 3.63) is 71.8 Å². The minimum absolute atomic E-state index is 0.551. The van der Waals surface area contributed by atoms with E-state index in [0.29, 0.717) is 13.1 Å². The standard InChI is InChI=1S/C14H15NO.H3NO/c16-15(11-13-7-3-1-4-8-13)12-14-9-5-2-6-10-14;1-2/h1-10,16H,11-12H2;2H,1H2. The maximum atomic E-state index is 9.79. The van der Waals surface area contributed by atoms with Crippen molar-refractivity contribution in [1.82, 2.24) is 5.06 Å². The lowest BCUT2D eigenvalue weighted by Gasteiger charge is -2.14. The van der Waals surface area contributed by atoms with E-state index in [4.69, 9.17) is 5.21 Å². The van der Waals surface area contributed by atoms with Crippen molar-refractivity contribution in [2.45, 2.75) is 13.1 Å². The lowest BCUT2D eigenvalue weighted by molar-refractivity contribution is -0.108. The molecule has 0 heterocycles. The molecule has 0 saturated carbocycles. The molecule has 0 saturated heterocycles. The molecule has 0 spiro atoms. The molecule has 2 aromatic rings. The van der Waals surface area contributed by atoms with E-state index in [9.17, 15) is 5.21 Å². The SMILES string of the molecule is NO.ON(Cc1ccccc1)Cc1ccccc1. The minimum atomic E-state index is 0.551. The van der Waals surface area contributed by atoms with Gasteiger partial charge in [0.15, 0.2) is 0 Å². The van der Waals surface area contributed by atoms with Gasteiger partial charge in [-0.3, -0.25) is 0 Å². The van der Waals surface area contributed by atoms with E-state index in [1.165, 1.54) is 5.06 Å². The zero-order chi connectivity index (χ0) is 13.2. The molecule has 0 bridgehead atoms. The predicted molar refractivity (Wildman–Crippen MR) is 69.9 cm³/mol. The van der Waals surface area contributed by atoms with Crippen molar-refractivity contribution in [2.75, 3.05) is 0 Å². The smallest absolute Gasteiger partial charge is 0.0492 e. The van der Waals surface area contributed by atoms with Crippen molar-refractivity contribution in [3.8, 4) is 0 Å². The van der Waals surface area contributed by atoms with E-state index in [1.807, 2.05) is 60.7 Å². The summed E-state index contributed by atoms with van der Waals surface area (Å²) in [6.45, 7) is 1.10. The molecule has 18 heavy (non-hydrogen) atoms. The van der Waals surface area contributed by atoms with Gasteiger partial charge in [-0.2, -0.15) is 5.06 Å². The first-order valence-corrected chi connectivity index (χ1v) is 5.62. The van der Waals surface area contributed by atoms with Crippen LogP contribution in [0.2, 0.25) is 0 Å². The fourth-order valence-electron chi connectivity index (χ4n) is 1.64. The summed E-state index contributed by atoms with van der Waals surface area (Å²) in [5, 5.41) is 17.6. The largest absolute Gasteiger partial charge is 0.320 e. The Morgan fingerprint density at radius 3 is 1.39 bits per heavy atom. The molecule has 4 heteroatoms. The number of rotatable bonds is 4. The second-order valence-electron chi connectivity index (χ2n) is 3.79. The fraction of sp³-hybridized carbons (Fsp3) is 0.143. The molecular weight excluding hydrogens is 228 g/mol. The first-order valence-electron chi connectivity index (χ1n) is 5.62. The van der Waals surface area contributed by atoms with Gasteiger partial charge in [-0.05, 0) is 11.1 Å². The number of benzene rings is 2. The summed E-state index contributed by atoms with van der Waals surface area (Å²) in [5.41, 5.74) is 2.22. The van der Waals surface area contributed by atoms with E-state index in [-0.39, 0.29) is 0 Å². The van der Waals surface area contributed by atoms with Crippen LogP contribution in [-0.2, 0) is 13.1 Å². The minimum Gasteiger partial charge on any atom is -0.320 e. The second-order valence-corrected chi connectivity index (χ2v) is 3.79. The number of nitrogens with zero attached hydrogens (tertiary/aromatic N) is 1. The summed E-state index contributed by atoms with van der Waals surface area (Å²) in [6, 6.07) is 19.9. The van der Waals surface area contributed by atoms with Gasteiger partial charge < -0.3 is 10.4 Å². The first kappa shape index (κ1) is 14.3. The number of hydroxylamine groups is 2. The average molecular weight is 246 g/mol. The zero-order valence-corrected chi connectivity index (χ0v) is 10.1. The molecule has 0 atom stereocenters. The van der Waals surface area contributed by atoms with E-state index in [1.54, 1.807) is 0 Å². The molecule has 4 N–H and O–H groups in total. The Balaban J connectivity index is 0.000000771. The Bertz CT molecular complexity index is 379. The van der Waals surface area contributed by atoms with Crippen molar-refractivity contribution >= 4 is 0 Å². The van der Waals surface area contributed by atoms with Crippen molar-refractivity contribution in [3.63, 3.8) is 0 Å². The third-order valence-electron chi connectivity index (χ3n) is 2.42. The topological polar surface area (TPSA) is 69.7 Å². The van der Waals surface area contributed by atoms with Crippen LogP contribution in [0.3, 0.4) is 0 Å². The summed E-state index contributed by atoms with van der Waals surface area (Å²) in [7, 11) is 0. The van der Waals surface area contributed by atoms with Gasteiger partial charge >= 0.3 is 0 Å². The highest BCUT2D eigenvalue weighted by Gasteiger charge is 2.02. The van der Waals surface area contributed by atoms with Crippen LogP contribution in [0.5, 0.6) is 0 Å². The van der Waals surface area contributed by atoms with Crippen LogP contribution in [0.4, 0.5) is 0 Å². The van der Waals surface area contributed by atoms with Crippen molar-refractivity contribution in [1.29, 1.82) is 0 Å². The Morgan fingerprint density at radius 2 is 1.06 bits per heavy atom. The van der Waals surface area contributed by atoms with E-state index >= 15 is 0 Å². The van der Waals surface area contributed by atoms with Gasteiger partial charge in [0.05, 0.1) is 0 Å². The summed E-state index contributed by atoms with van der Waals surface area (Å²) in [5.74, 6) is 3.50. The molecule has 96 valence electrons. The van der Waals surface area contributed by atoms with Gasteiger partial charge in [-0.25, -0.2) is 5.90 Å². The van der Waals surface area contributed by atoms with Gasteiger partial charge in [0.2, 0.25) is 0 Å². The Morgan fingerprint density at radius 1 is 0.722 bits per heavy atom. The summed E-state index contributed by atoms with van der Waals surface area (Å²) >= 11 is 0. The maximum absolute atomic E-state index is 9.79. The van der Waals surface area contributed by atoms with Crippen LogP contribution in [0.1, 0.15) is 11.1 Å². The fourth-order valence-corrected chi connectivity index (χ4v) is 1.64. The summed E-state index contributed by atoms with van der Waals surface area (Å²) in [6.07, 6.45) is 0. The highest BCUT2D eigenvalue weighted by Crippen LogP contribution is 2.07. The van der Waals surface area contributed by atoms with E-state index in [2.05, 4.69) is 5.90 Å². The van der Waals surface area contributed by atoms with Crippen LogP contribution < -0.4 is 5.90 Å². The maximum Gasteiger partial charge on any atom is 0.0492 e. The molecule has 0 unspecified atom stereocenters. The molecule has 0 aliphatic carbocycles. The molecule has 0 amide bonds. The van der Waals surface area contributed by atoms with Crippen LogP contribution >= 0.6 is 0 Å². The van der Waals surface area contributed by atoms with Crippen LogP contribution in [0.25, 0.3) is 0 Å². The highest BCUT2D eigenvalue weighted by molar-refractivity contribution is 5.16. The van der Waals surface area contributed by atoms with Crippen LogP contribution in [0, 0.1) is 0 Å². The van der Waals surface area contributed by atoms with Gasteiger partial charge in [-0.15, -0.1) is 0 Å². The quantitative estimate of drug-likeness (QED) is 0.725. The third-order valence-corrected chi connectivity index (χ3v) is 2.42. The summed E-state index contributed by atoms with van der Waals surface area (Å²) in [4.78, 5) is 0. The Labute approximate surface area is 107 Å². The normalized spacial score (nSPS) is 9.78. The van der Waals surface area contributed by atoms with Gasteiger partial charge in [0.25, 0.3) is 0 Å². The molecule has 4 nitrogen and oxygen atoms in total. The summed E-state index contributed by atoms with van der Waals surface area (Å²) < 4.78 is 0. The Kier molecular flexibility index (Phi) is 6.68. The molecule has 0 aromatic heterocycles. The van der Waals surface area contributed by atoms with Crippen LogP contribution in [-0.4, -0.2) is 15.5 Å². The van der Waals surface area contributed by atoms with Gasteiger partial charge in [0.1, 0.15) is 0 Å². The third kappa shape index (κ3) is 5.07. The van der Waals surface area contributed by atoms with Crippen molar-refractivity contribution in [2.24, 2.45) is 5.90 Å². The predicted octanol–water partition coefficient (Wildman–Crippen LogP) is 2.41.